The maximum atomic E-state index is 13.9. The summed E-state index contributed by atoms with van der Waals surface area (Å²) in [7, 11) is 0. The van der Waals surface area contributed by atoms with Crippen LogP contribution in [0, 0.1) is 17.6 Å². The maximum absolute atomic E-state index is 13.9. The van der Waals surface area contributed by atoms with Gasteiger partial charge in [-0.05, 0) is 72.8 Å². The van der Waals surface area contributed by atoms with E-state index in [-0.39, 0.29) is 23.8 Å². The quantitative estimate of drug-likeness (QED) is 0.418. The highest BCUT2D eigenvalue weighted by Gasteiger charge is 2.23. The van der Waals surface area contributed by atoms with Crippen molar-refractivity contribution in [3.63, 3.8) is 0 Å². The van der Waals surface area contributed by atoms with Gasteiger partial charge in [-0.3, -0.25) is 9.36 Å². The maximum Gasteiger partial charge on any atom is 0.261 e. The van der Waals surface area contributed by atoms with Crippen LogP contribution in [0.5, 0.6) is 5.75 Å². The van der Waals surface area contributed by atoms with Gasteiger partial charge in [-0.15, -0.1) is 0 Å². The monoisotopic (exact) mass is 491 g/mol. The number of fused-ring (bicyclic) bond motifs is 1. The molecule has 0 saturated carbocycles. The van der Waals surface area contributed by atoms with Crippen LogP contribution in [0.3, 0.4) is 0 Å². The van der Waals surface area contributed by atoms with E-state index in [2.05, 4.69) is 4.90 Å². The molecule has 1 aromatic heterocycles. The van der Waals surface area contributed by atoms with Crippen molar-refractivity contribution in [3.05, 3.63) is 82.7 Å². The van der Waals surface area contributed by atoms with Gasteiger partial charge in [-0.1, -0.05) is 24.3 Å². The number of aromatic nitrogens is 2. The summed E-state index contributed by atoms with van der Waals surface area (Å²) in [5.41, 5.74) is 1.69. The van der Waals surface area contributed by atoms with Crippen molar-refractivity contribution in [2.45, 2.75) is 19.4 Å². The number of aliphatic hydroxyl groups excluding tert-OH is 1. The first-order valence-electron chi connectivity index (χ1n) is 12.1. The zero-order valence-electron chi connectivity index (χ0n) is 19.7. The van der Waals surface area contributed by atoms with Crippen molar-refractivity contribution in [2.24, 2.45) is 5.92 Å². The van der Waals surface area contributed by atoms with Gasteiger partial charge in [-0.2, -0.15) is 0 Å². The smallest absolute Gasteiger partial charge is 0.261 e. The highest BCUT2D eigenvalue weighted by molar-refractivity contribution is 5.85. The van der Waals surface area contributed by atoms with Crippen LogP contribution in [0.1, 0.15) is 12.8 Å². The predicted molar refractivity (Wildman–Crippen MR) is 135 cm³/mol. The summed E-state index contributed by atoms with van der Waals surface area (Å²) in [5, 5.41) is 20.3. The average Bonchev–Trinajstić information content (AvgIpc) is 2.88. The Morgan fingerprint density at radius 3 is 2.56 bits per heavy atom. The fourth-order valence-corrected chi connectivity index (χ4v) is 5.02. The summed E-state index contributed by atoms with van der Waals surface area (Å²) < 4.78 is 28.9. The first-order chi connectivity index (χ1) is 17.4. The van der Waals surface area contributed by atoms with Crippen LogP contribution in [0.4, 0.5) is 8.78 Å². The summed E-state index contributed by atoms with van der Waals surface area (Å²) >= 11 is 0. The molecule has 0 aliphatic carbocycles. The Bertz CT molecular complexity index is 1470. The molecular formula is C28H27F2N3O3. The number of hydrogen-bond acceptors (Lipinski definition) is 5. The second kappa shape index (κ2) is 10.2. The number of halogens is 2. The number of aromatic hydroxyl groups is 1. The third-order valence-electron chi connectivity index (χ3n) is 6.81. The molecule has 1 atom stereocenters. The molecule has 0 radical (unpaired) electrons. The number of aliphatic hydroxyl groups is 1. The Labute approximate surface area is 207 Å². The van der Waals surface area contributed by atoms with E-state index in [1.54, 1.807) is 47.0 Å². The van der Waals surface area contributed by atoms with Crippen LogP contribution in [-0.2, 0) is 6.54 Å². The molecule has 2 heterocycles. The van der Waals surface area contributed by atoms with Gasteiger partial charge in [0.05, 0.1) is 23.1 Å². The number of phenols is 1. The second-order valence-corrected chi connectivity index (χ2v) is 9.26. The van der Waals surface area contributed by atoms with E-state index in [1.165, 1.54) is 6.07 Å². The minimum Gasteiger partial charge on any atom is -0.507 e. The highest BCUT2D eigenvalue weighted by Crippen LogP contribution is 2.30. The van der Waals surface area contributed by atoms with E-state index in [4.69, 9.17) is 4.98 Å². The number of benzene rings is 3. The van der Waals surface area contributed by atoms with Gasteiger partial charge in [0.15, 0.2) is 11.6 Å². The molecule has 5 rings (SSSR count). The molecule has 8 heteroatoms. The number of piperidine rings is 1. The molecule has 4 aromatic rings. The standard InChI is InChI=1S/C28H27F2N3O3/c29-23-9-7-20(15-24(23)30)19-8-10-25-22(14-19)28(36)33(17-18-4-3-11-32(16-18)12-13-34)27(31-25)21-5-1-2-6-26(21)35/h1-2,5-10,14-15,18,34-35H,3-4,11-13,16-17H2. The van der Waals surface area contributed by atoms with E-state index in [1.807, 2.05) is 0 Å². The summed E-state index contributed by atoms with van der Waals surface area (Å²) in [6, 6.07) is 15.5. The van der Waals surface area contributed by atoms with E-state index in [0.29, 0.717) is 46.5 Å². The number of phenolic OH excluding ortho intramolecular Hbond substituents is 1. The SMILES string of the molecule is O=c1c2cc(-c3ccc(F)c(F)c3)ccc2nc(-c2ccccc2O)n1CC1CCCN(CCO)C1. The van der Waals surface area contributed by atoms with Crippen molar-refractivity contribution in [2.75, 3.05) is 26.2 Å². The Balaban J connectivity index is 1.63. The number of likely N-dealkylation sites (tertiary alicyclic amines) is 1. The van der Waals surface area contributed by atoms with Gasteiger partial charge in [0, 0.05) is 19.6 Å². The zero-order valence-corrected chi connectivity index (χ0v) is 19.7. The lowest BCUT2D eigenvalue weighted by molar-refractivity contribution is 0.132. The van der Waals surface area contributed by atoms with Gasteiger partial charge in [0.2, 0.25) is 0 Å². The van der Waals surface area contributed by atoms with Crippen molar-refractivity contribution in [3.8, 4) is 28.3 Å². The fourth-order valence-electron chi connectivity index (χ4n) is 5.02. The van der Waals surface area contributed by atoms with Gasteiger partial charge >= 0.3 is 0 Å². The third kappa shape index (κ3) is 4.74. The molecular weight excluding hydrogens is 464 g/mol. The van der Waals surface area contributed by atoms with E-state index < -0.39 is 11.6 Å². The number of β-amino-alcohol motifs (C(OH)–C–C–N with tert-alkyl or cyclic N) is 1. The van der Waals surface area contributed by atoms with Crippen LogP contribution in [0.2, 0.25) is 0 Å². The predicted octanol–water partition coefficient (Wildman–Crippen LogP) is 4.42. The molecule has 1 saturated heterocycles. The molecule has 1 unspecified atom stereocenters. The Kier molecular flexibility index (Phi) is 6.80. The number of rotatable bonds is 6. The molecule has 186 valence electrons. The van der Waals surface area contributed by atoms with Crippen molar-refractivity contribution >= 4 is 10.9 Å². The lowest BCUT2D eigenvalue weighted by atomic mass is 9.97. The summed E-state index contributed by atoms with van der Waals surface area (Å²) in [4.78, 5) is 20.8. The van der Waals surface area contributed by atoms with Gasteiger partial charge in [-0.25, -0.2) is 13.8 Å². The molecule has 6 nitrogen and oxygen atoms in total. The van der Waals surface area contributed by atoms with Crippen molar-refractivity contribution in [1.82, 2.24) is 14.5 Å². The highest BCUT2D eigenvalue weighted by atomic mass is 19.2. The molecule has 1 fully saturated rings. The molecule has 3 aromatic carbocycles. The van der Waals surface area contributed by atoms with Gasteiger partial charge in [0.25, 0.3) is 5.56 Å². The second-order valence-electron chi connectivity index (χ2n) is 9.26. The number of nitrogens with zero attached hydrogens (tertiary/aromatic N) is 3. The molecule has 1 aliphatic rings. The van der Waals surface area contributed by atoms with E-state index in [9.17, 15) is 23.8 Å². The van der Waals surface area contributed by atoms with Crippen LogP contribution in [0.15, 0.2) is 65.5 Å². The van der Waals surface area contributed by atoms with Gasteiger partial charge < -0.3 is 15.1 Å². The Morgan fingerprint density at radius 1 is 1.00 bits per heavy atom. The van der Waals surface area contributed by atoms with Gasteiger partial charge in [0.1, 0.15) is 11.6 Å². The van der Waals surface area contributed by atoms with Crippen LogP contribution in [0.25, 0.3) is 33.4 Å². The summed E-state index contributed by atoms with van der Waals surface area (Å²) in [5.74, 6) is -1.31. The molecule has 36 heavy (non-hydrogen) atoms. The topological polar surface area (TPSA) is 78.6 Å². The molecule has 0 amide bonds. The van der Waals surface area contributed by atoms with Crippen LogP contribution >= 0.6 is 0 Å². The Morgan fingerprint density at radius 2 is 1.78 bits per heavy atom. The molecule has 2 N–H and O–H groups in total. The fraction of sp³-hybridized carbons (Fsp3) is 0.286. The summed E-state index contributed by atoms with van der Waals surface area (Å²) in [6.07, 6.45) is 1.90. The van der Waals surface area contributed by atoms with Crippen molar-refractivity contribution < 1.29 is 19.0 Å². The van der Waals surface area contributed by atoms with E-state index in [0.717, 1.165) is 38.1 Å². The minimum atomic E-state index is -0.956. The van der Waals surface area contributed by atoms with Crippen LogP contribution in [-0.4, -0.2) is 50.9 Å². The molecule has 1 aliphatic heterocycles. The van der Waals surface area contributed by atoms with Crippen molar-refractivity contribution in [1.29, 1.82) is 0 Å². The minimum absolute atomic E-state index is 0.0291. The normalized spacial score (nSPS) is 16.5. The lowest BCUT2D eigenvalue weighted by Gasteiger charge is -2.33. The number of para-hydroxylation sites is 1. The zero-order chi connectivity index (χ0) is 25.2. The van der Waals surface area contributed by atoms with E-state index >= 15 is 0 Å². The Hall–Kier alpha value is -3.62. The summed E-state index contributed by atoms with van der Waals surface area (Å²) in [6.45, 7) is 2.74. The molecule has 0 bridgehead atoms. The largest absolute Gasteiger partial charge is 0.507 e. The average molecular weight is 492 g/mol. The lowest BCUT2D eigenvalue weighted by Crippen LogP contribution is -2.40. The first-order valence-corrected chi connectivity index (χ1v) is 12.1. The first kappa shape index (κ1) is 24.1. The molecule has 0 spiro atoms. The third-order valence-corrected chi connectivity index (χ3v) is 6.81. The number of hydrogen-bond donors (Lipinski definition) is 2. The van der Waals surface area contributed by atoms with Crippen LogP contribution < -0.4 is 5.56 Å².